The monoisotopic (exact) mass is 242 g/mol. The Labute approximate surface area is 94.8 Å². The highest BCUT2D eigenvalue weighted by Gasteiger charge is 2.22. The number of nitrogens with zero attached hydrogens (tertiary/aromatic N) is 1. The number of pyridine rings is 1. The van der Waals surface area contributed by atoms with Crippen LogP contribution in [0.3, 0.4) is 0 Å². The number of hydrogen-bond acceptors (Lipinski definition) is 4. The van der Waals surface area contributed by atoms with Crippen molar-refractivity contribution in [1.29, 1.82) is 0 Å². The lowest BCUT2D eigenvalue weighted by molar-refractivity contribution is -0.120. The van der Waals surface area contributed by atoms with Crippen molar-refractivity contribution < 1.29 is 13.2 Å². The highest BCUT2D eigenvalue weighted by atomic mass is 32.2. The van der Waals surface area contributed by atoms with Gasteiger partial charge >= 0.3 is 0 Å². The fourth-order valence-corrected chi connectivity index (χ4v) is 1.49. The van der Waals surface area contributed by atoms with Crippen LogP contribution in [0.4, 0.5) is 0 Å². The van der Waals surface area contributed by atoms with Crippen molar-refractivity contribution in [2.75, 3.05) is 6.26 Å². The Kier molecular flexibility index (Phi) is 4.00. The van der Waals surface area contributed by atoms with E-state index in [1.165, 1.54) is 6.92 Å². The molecule has 0 bridgehead atoms. The average molecular weight is 242 g/mol. The van der Waals surface area contributed by atoms with Gasteiger partial charge in [0.05, 0.1) is 12.2 Å². The average Bonchev–Trinajstić information content (AvgIpc) is 2.25. The zero-order valence-electron chi connectivity index (χ0n) is 9.17. The molecule has 6 heteroatoms. The Hall–Kier alpha value is -1.43. The molecule has 88 valence electrons. The zero-order chi connectivity index (χ0) is 12.2. The van der Waals surface area contributed by atoms with Gasteiger partial charge in [0.25, 0.3) is 0 Å². The van der Waals surface area contributed by atoms with Crippen LogP contribution >= 0.6 is 0 Å². The highest BCUT2D eigenvalue weighted by molar-refractivity contribution is 7.92. The number of carbonyl (C=O) groups excluding carboxylic acids is 1. The highest BCUT2D eigenvalue weighted by Crippen LogP contribution is 1.99. The van der Waals surface area contributed by atoms with Crippen molar-refractivity contribution in [3.63, 3.8) is 0 Å². The zero-order valence-corrected chi connectivity index (χ0v) is 9.99. The van der Waals surface area contributed by atoms with Gasteiger partial charge in [0, 0.05) is 12.5 Å². The van der Waals surface area contributed by atoms with E-state index in [0.29, 0.717) is 5.69 Å². The van der Waals surface area contributed by atoms with Crippen molar-refractivity contribution in [3.8, 4) is 0 Å². The maximum absolute atomic E-state index is 11.4. The summed E-state index contributed by atoms with van der Waals surface area (Å²) in [6, 6.07) is 5.32. The van der Waals surface area contributed by atoms with Crippen molar-refractivity contribution in [3.05, 3.63) is 30.1 Å². The number of rotatable bonds is 4. The molecule has 1 rings (SSSR count). The van der Waals surface area contributed by atoms with E-state index in [1.807, 2.05) is 0 Å². The Morgan fingerprint density at radius 2 is 2.19 bits per heavy atom. The largest absolute Gasteiger partial charge is 0.349 e. The molecule has 5 nitrogen and oxygen atoms in total. The van der Waals surface area contributed by atoms with Gasteiger partial charge in [0.15, 0.2) is 9.84 Å². The van der Waals surface area contributed by atoms with E-state index in [0.717, 1.165) is 6.26 Å². The molecule has 0 aliphatic rings. The first-order valence-electron chi connectivity index (χ1n) is 4.78. The van der Waals surface area contributed by atoms with Crippen LogP contribution in [0.15, 0.2) is 24.4 Å². The molecular formula is C10H14N2O3S. The van der Waals surface area contributed by atoms with Crippen LogP contribution in [0.25, 0.3) is 0 Å². The number of carbonyl (C=O) groups is 1. The molecule has 0 radical (unpaired) electrons. The third-order valence-corrected chi connectivity index (χ3v) is 3.68. The predicted molar refractivity (Wildman–Crippen MR) is 60.4 cm³/mol. The third kappa shape index (κ3) is 3.62. The van der Waals surface area contributed by atoms with Gasteiger partial charge in [-0.25, -0.2) is 8.42 Å². The maximum Gasteiger partial charge on any atom is 0.238 e. The molecule has 0 fully saturated rings. The van der Waals surface area contributed by atoms with E-state index in [4.69, 9.17) is 0 Å². The third-order valence-electron chi connectivity index (χ3n) is 2.18. The minimum absolute atomic E-state index is 0.236. The molecule has 1 N–H and O–H groups in total. The smallest absolute Gasteiger partial charge is 0.238 e. The second-order valence-electron chi connectivity index (χ2n) is 3.51. The molecule has 1 aromatic rings. The molecule has 1 amide bonds. The minimum Gasteiger partial charge on any atom is -0.349 e. The van der Waals surface area contributed by atoms with Gasteiger partial charge in [-0.05, 0) is 19.1 Å². The van der Waals surface area contributed by atoms with Crippen LogP contribution in [0, 0.1) is 0 Å². The Balaban J connectivity index is 2.54. The quantitative estimate of drug-likeness (QED) is 0.814. The first-order chi connectivity index (χ1) is 7.41. The number of nitrogens with one attached hydrogen (secondary N) is 1. The summed E-state index contributed by atoms with van der Waals surface area (Å²) in [7, 11) is -3.34. The molecule has 0 unspecified atom stereocenters. The van der Waals surface area contributed by atoms with E-state index >= 15 is 0 Å². The Bertz CT molecular complexity index is 456. The normalized spacial score (nSPS) is 13.1. The van der Waals surface area contributed by atoms with Crippen molar-refractivity contribution >= 4 is 15.7 Å². The molecule has 0 aliphatic carbocycles. The van der Waals surface area contributed by atoms with Crippen LogP contribution in [0.2, 0.25) is 0 Å². The van der Waals surface area contributed by atoms with Crippen LogP contribution in [-0.2, 0) is 21.2 Å². The van der Waals surface area contributed by atoms with E-state index in [-0.39, 0.29) is 6.54 Å². The van der Waals surface area contributed by atoms with Crippen LogP contribution in [0.5, 0.6) is 0 Å². The van der Waals surface area contributed by atoms with Gasteiger partial charge in [0.2, 0.25) is 5.91 Å². The fraction of sp³-hybridized carbons (Fsp3) is 0.400. The van der Waals surface area contributed by atoms with Gasteiger partial charge in [-0.3, -0.25) is 9.78 Å². The van der Waals surface area contributed by atoms with E-state index in [2.05, 4.69) is 10.3 Å². The predicted octanol–water partition coefficient (Wildman–Crippen LogP) is 0.131. The van der Waals surface area contributed by atoms with Crippen molar-refractivity contribution in [1.82, 2.24) is 10.3 Å². The molecule has 0 saturated carbocycles. The molecular weight excluding hydrogens is 228 g/mol. The lowest BCUT2D eigenvalue weighted by Crippen LogP contribution is -2.37. The Morgan fingerprint density at radius 1 is 1.50 bits per heavy atom. The molecule has 0 spiro atoms. The standard InChI is InChI=1S/C10H14N2O3S/c1-8(16(2,14)15)10(13)12-7-9-5-3-4-6-11-9/h3-6,8H,7H2,1-2H3,(H,12,13)/t8-/m1/s1. The summed E-state index contributed by atoms with van der Waals surface area (Å²) in [5.74, 6) is -0.506. The van der Waals surface area contributed by atoms with Crippen LogP contribution in [-0.4, -0.2) is 30.8 Å². The first kappa shape index (κ1) is 12.6. The molecule has 1 atom stereocenters. The number of hydrogen-bond donors (Lipinski definition) is 1. The molecule has 16 heavy (non-hydrogen) atoms. The molecule has 0 aliphatic heterocycles. The summed E-state index contributed by atoms with van der Waals surface area (Å²) < 4.78 is 22.2. The second kappa shape index (κ2) is 5.07. The molecule has 1 heterocycles. The van der Waals surface area contributed by atoms with Gasteiger partial charge < -0.3 is 5.32 Å². The summed E-state index contributed by atoms with van der Waals surface area (Å²) in [4.78, 5) is 15.5. The summed E-state index contributed by atoms with van der Waals surface area (Å²) in [5, 5.41) is 1.49. The lowest BCUT2D eigenvalue weighted by atomic mass is 10.3. The Morgan fingerprint density at radius 3 is 2.69 bits per heavy atom. The number of amides is 1. The van der Waals surface area contributed by atoms with Gasteiger partial charge in [0.1, 0.15) is 5.25 Å². The maximum atomic E-state index is 11.4. The summed E-state index contributed by atoms with van der Waals surface area (Å²) >= 11 is 0. The lowest BCUT2D eigenvalue weighted by Gasteiger charge is -2.09. The van der Waals surface area contributed by atoms with Crippen LogP contribution in [0.1, 0.15) is 12.6 Å². The van der Waals surface area contributed by atoms with E-state index in [1.54, 1.807) is 24.4 Å². The molecule has 0 aromatic carbocycles. The van der Waals surface area contributed by atoms with E-state index in [9.17, 15) is 13.2 Å². The fourth-order valence-electron chi connectivity index (χ4n) is 1.02. The van der Waals surface area contributed by atoms with Gasteiger partial charge in [-0.15, -0.1) is 0 Å². The van der Waals surface area contributed by atoms with Gasteiger partial charge in [-0.2, -0.15) is 0 Å². The summed E-state index contributed by atoms with van der Waals surface area (Å²) in [6.45, 7) is 1.60. The topological polar surface area (TPSA) is 76.1 Å². The van der Waals surface area contributed by atoms with Gasteiger partial charge in [-0.1, -0.05) is 6.07 Å². The number of aromatic nitrogens is 1. The first-order valence-corrected chi connectivity index (χ1v) is 6.73. The SMILES string of the molecule is C[C@H](C(=O)NCc1ccccn1)S(C)(=O)=O. The van der Waals surface area contributed by atoms with Crippen molar-refractivity contribution in [2.45, 2.75) is 18.7 Å². The van der Waals surface area contributed by atoms with E-state index < -0.39 is 21.0 Å². The second-order valence-corrected chi connectivity index (χ2v) is 5.88. The van der Waals surface area contributed by atoms with Crippen LogP contribution < -0.4 is 5.32 Å². The molecule has 0 saturated heterocycles. The van der Waals surface area contributed by atoms with Crippen molar-refractivity contribution in [2.24, 2.45) is 0 Å². The minimum atomic E-state index is -3.34. The summed E-state index contributed by atoms with van der Waals surface area (Å²) in [5.41, 5.74) is 0.691. The molecule has 1 aromatic heterocycles. The number of sulfone groups is 1. The summed E-state index contributed by atoms with van der Waals surface area (Å²) in [6.07, 6.45) is 2.65.